The molecule has 1 heterocycles. The van der Waals surface area contributed by atoms with E-state index in [-0.39, 0.29) is 0 Å². The highest BCUT2D eigenvalue weighted by Gasteiger charge is 2.07. The summed E-state index contributed by atoms with van der Waals surface area (Å²) >= 11 is 12.2. The first-order valence-electron chi connectivity index (χ1n) is 6.47. The summed E-state index contributed by atoms with van der Waals surface area (Å²) in [6.45, 7) is 1.43. The minimum absolute atomic E-state index is 0.538. The van der Waals surface area contributed by atoms with Crippen molar-refractivity contribution in [1.29, 1.82) is 0 Å². The van der Waals surface area contributed by atoms with Crippen molar-refractivity contribution < 1.29 is 4.74 Å². The molecule has 0 bridgehead atoms. The first-order chi connectivity index (χ1) is 10.2. The lowest BCUT2D eigenvalue weighted by Crippen LogP contribution is -2.08. The van der Waals surface area contributed by atoms with Gasteiger partial charge in [-0.05, 0) is 24.6 Å². The largest absolute Gasteiger partial charge is 0.385 e. The summed E-state index contributed by atoms with van der Waals surface area (Å²) in [6, 6.07) is 7.07. The number of ether oxygens (including phenoxy) is 1. The van der Waals surface area contributed by atoms with Crippen molar-refractivity contribution in [1.82, 2.24) is 9.97 Å². The van der Waals surface area contributed by atoms with Crippen molar-refractivity contribution in [3.63, 3.8) is 0 Å². The molecule has 1 aromatic heterocycles. The Kier molecular flexibility index (Phi) is 6.04. The van der Waals surface area contributed by atoms with Crippen LogP contribution < -0.4 is 10.6 Å². The number of anilines is 3. The van der Waals surface area contributed by atoms with E-state index in [0.29, 0.717) is 34.1 Å². The highest BCUT2D eigenvalue weighted by Crippen LogP contribution is 2.31. The highest BCUT2D eigenvalue weighted by atomic mass is 35.5. The van der Waals surface area contributed by atoms with Crippen LogP contribution in [0.5, 0.6) is 0 Å². The number of nitrogens with zero attached hydrogens (tertiary/aromatic N) is 2. The van der Waals surface area contributed by atoms with Crippen LogP contribution in [0.15, 0.2) is 30.5 Å². The predicted octanol–water partition coefficient (Wildman–Crippen LogP) is 3.98. The number of hydrogen-bond acceptors (Lipinski definition) is 5. The second-order valence-corrected chi connectivity index (χ2v) is 5.07. The lowest BCUT2D eigenvalue weighted by Gasteiger charge is -2.10. The summed E-state index contributed by atoms with van der Waals surface area (Å²) in [5.41, 5.74) is 0.630. The zero-order valence-electron chi connectivity index (χ0n) is 11.6. The average molecular weight is 327 g/mol. The van der Waals surface area contributed by atoms with Crippen molar-refractivity contribution in [2.45, 2.75) is 6.42 Å². The molecule has 7 heteroatoms. The van der Waals surface area contributed by atoms with Crippen LogP contribution in [0.1, 0.15) is 6.42 Å². The van der Waals surface area contributed by atoms with Gasteiger partial charge < -0.3 is 15.4 Å². The molecule has 0 fully saturated rings. The Morgan fingerprint density at radius 1 is 1.19 bits per heavy atom. The molecular formula is C14H16Cl2N4O. The lowest BCUT2D eigenvalue weighted by molar-refractivity contribution is 0.197. The van der Waals surface area contributed by atoms with E-state index in [0.717, 1.165) is 13.0 Å². The van der Waals surface area contributed by atoms with E-state index in [2.05, 4.69) is 20.6 Å². The third-order valence-corrected chi connectivity index (χ3v) is 3.31. The van der Waals surface area contributed by atoms with Crippen LogP contribution in [0.25, 0.3) is 0 Å². The maximum atomic E-state index is 6.12. The molecule has 0 aliphatic heterocycles. The number of methoxy groups -OCH3 is 1. The lowest BCUT2D eigenvalue weighted by atomic mass is 10.3. The van der Waals surface area contributed by atoms with Crippen LogP contribution in [0.4, 0.5) is 17.5 Å². The third kappa shape index (κ3) is 4.74. The Labute approximate surface area is 133 Å². The highest BCUT2D eigenvalue weighted by molar-refractivity contribution is 6.39. The van der Waals surface area contributed by atoms with Crippen LogP contribution in [0.2, 0.25) is 10.0 Å². The fourth-order valence-electron chi connectivity index (χ4n) is 1.68. The van der Waals surface area contributed by atoms with Crippen LogP contribution >= 0.6 is 23.2 Å². The Bertz CT molecular complexity index is 575. The maximum Gasteiger partial charge on any atom is 0.224 e. The summed E-state index contributed by atoms with van der Waals surface area (Å²) in [6.07, 6.45) is 2.55. The molecular weight excluding hydrogens is 311 g/mol. The van der Waals surface area contributed by atoms with Gasteiger partial charge >= 0.3 is 0 Å². The van der Waals surface area contributed by atoms with Gasteiger partial charge in [0.05, 0.1) is 15.7 Å². The molecule has 0 unspecified atom stereocenters. The fraction of sp³-hybridized carbons (Fsp3) is 0.286. The van der Waals surface area contributed by atoms with Crippen LogP contribution in [-0.2, 0) is 4.74 Å². The number of aromatic nitrogens is 2. The quantitative estimate of drug-likeness (QED) is 0.754. The molecule has 21 heavy (non-hydrogen) atoms. The number of halogens is 2. The van der Waals surface area contributed by atoms with Crippen molar-refractivity contribution in [3.05, 3.63) is 40.5 Å². The van der Waals surface area contributed by atoms with Crippen LogP contribution in [0.3, 0.4) is 0 Å². The number of rotatable bonds is 7. The summed E-state index contributed by atoms with van der Waals surface area (Å²) in [5, 5.41) is 7.30. The van der Waals surface area contributed by atoms with Crippen LogP contribution in [0, 0.1) is 0 Å². The summed E-state index contributed by atoms with van der Waals surface area (Å²) < 4.78 is 4.99. The molecule has 0 amide bonds. The number of para-hydroxylation sites is 1. The average Bonchev–Trinajstić information content (AvgIpc) is 2.48. The zero-order valence-corrected chi connectivity index (χ0v) is 13.1. The molecule has 0 atom stereocenters. The van der Waals surface area contributed by atoms with Gasteiger partial charge in [0.2, 0.25) is 5.95 Å². The molecule has 0 aliphatic carbocycles. The summed E-state index contributed by atoms with van der Waals surface area (Å²) in [4.78, 5) is 8.51. The third-order valence-electron chi connectivity index (χ3n) is 2.68. The van der Waals surface area contributed by atoms with Crippen LogP contribution in [-0.4, -0.2) is 30.2 Å². The Morgan fingerprint density at radius 2 is 1.95 bits per heavy atom. The Balaban J connectivity index is 2.04. The molecule has 1 aromatic carbocycles. The first kappa shape index (κ1) is 15.8. The van der Waals surface area contributed by atoms with Gasteiger partial charge in [0, 0.05) is 26.5 Å². The zero-order chi connectivity index (χ0) is 15.1. The second kappa shape index (κ2) is 8.02. The van der Waals surface area contributed by atoms with Gasteiger partial charge in [-0.25, -0.2) is 4.98 Å². The summed E-state index contributed by atoms with van der Waals surface area (Å²) in [7, 11) is 1.67. The van der Waals surface area contributed by atoms with E-state index >= 15 is 0 Å². The van der Waals surface area contributed by atoms with Crippen molar-refractivity contribution >= 4 is 40.7 Å². The molecule has 0 aliphatic rings. The SMILES string of the molecule is COCCCNc1nccc(Nc2c(Cl)cccc2Cl)n1. The second-order valence-electron chi connectivity index (χ2n) is 4.26. The minimum Gasteiger partial charge on any atom is -0.385 e. The van der Waals surface area contributed by atoms with Crippen molar-refractivity contribution in [3.8, 4) is 0 Å². The normalized spacial score (nSPS) is 10.4. The molecule has 112 valence electrons. The van der Waals surface area contributed by atoms with Gasteiger partial charge in [0.1, 0.15) is 5.82 Å². The Morgan fingerprint density at radius 3 is 2.67 bits per heavy atom. The van der Waals surface area contributed by atoms with Gasteiger partial charge in [0.25, 0.3) is 0 Å². The molecule has 2 aromatic rings. The monoisotopic (exact) mass is 326 g/mol. The van der Waals surface area contributed by atoms with Gasteiger partial charge in [-0.15, -0.1) is 0 Å². The van der Waals surface area contributed by atoms with E-state index in [9.17, 15) is 0 Å². The smallest absolute Gasteiger partial charge is 0.224 e. The van der Waals surface area contributed by atoms with Gasteiger partial charge in [0.15, 0.2) is 0 Å². The van der Waals surface area contributed by atoms with Gasteiger partial charge in [-0.1, -0.05) is 29.3 Å². The summed E-state index contributed by atoms with van der Waals surface area (Å²) in [5.74, 6) is 1.16. The van der Waals surface area contributed by atoms with E-state index in [1.807, 2.05) is 0 Å². The van der Waals surface area contributed by atoms with E-state index < -0.39 is 0 Å². The molecule has 5 nitrogen and oxygen atoms in total. The molecule has 0 saturated heterocycles. The first-order valence-corrected chi connectivity index (χ1v) is 7.23. The molecule has 2 rings (SSSR count). The number of hydrogen-bond donors (Lipinski definition) is 2. The number of benzene rings is 1. The number of nitrogens with one attached hydrogen (secondary N) is 2. The van der Waals surface area contributed by atoms with Crippen molar-refractivity contribution in [2.75, 3.05) is 30.9 Å². The molecule has 0 saturated carbocycles. The molecule has 0 radical (unpaired) electrons. The Hall–Kier alpha value is -1.56. The minimum atomic E-state index is 0.538. The van der Waals surface area contributed by atoms with E-state index in [4.69, 9.17) is 27.9 Å². The van der Waals surface area contributed by atoms with E-state index in [1.165, 1.54) is 0 Å². The molecule has 0 spiro atoms. The van der Waals surface area contributed by atoms with Gasteiger partial charge in [-0.2, -0.15) is 4.98 Å². The topological polar surface area (TPSA) is 59.1 Å². The molecule has 2 N–H and O–H groups in total. The predicted molar refractivity (Wildman–Crippen MR) is 86.8 cm³/mol. The maximum absolute atomic E-state index is 6.12. The van der Waals surface area contributed by atoms with Gasteiger partial charge in [-0.3, -0.25) is 0 Å². The fourth-order valence-corrected chi connectivity index (χ4v) is 2.17. The van der Waals surface area contributed by atoms with E-state index in [1.54, 1.807) is 37.6 Å². The standard InChI is InChI=1S/C14H16Cl2N4O/c1-21-9-3-7-17-14-18-8-6-12(20-14)19-13-10(15)4-2-5-11(13)16/h2,4-6,8H,3,7,9H2,1H3,(H2,17,18,19,20). The van der Waals surface area contributed by atoms with Crippen molar-refractivity contribution in [2.24, 2.45) is 0 Å².